The molecule has 0 radical (unpaired) electrons. The molecule has 1 atom stereocenters. The standard InChI is InChI=1S/C22H25NO5/c1-3-27-21(24)20(23-22(25)26-2)12-8-7-9-17-13-15-19(16-14-17)28-18-10-5-4-6-11-18/h4-7,9-11,13-16,20H,3,8,12H2,1-2H3,(H,23,25). The van der Waals surface area contributed by atoms with Gasteiger partial charge in [-0.05, 0) is 49.6 Å². The van der Waals surface area contributed by atoms with E-state index in [-0.39, 0.29) is 6.61 Å². The minimum atomic E-state index is -0.737. The van der Waals surface area contributed by atoms with E-state index in [4.69, 9.17) is 9.47 Å². The van der Waals surface area contributed by atoms with E-state index in [1.54, 1.807) is 6.92 Å². The first-order chi connectivity index (χ1) is 13.6. The number of nitrogens with one attached hydrogen (secondary N) is 1. The van der Waals surface area contributed by atoms with Crippen molar-refractivity contribution in [3.8, 4) is 11.5 Å². The zero-order valence-corrected chi connectivity index (χ0v) is 16.1. The molecule has 0 aliphatic rings. The first-order valence-electron chi connectivity index (χ1n) is 9.13. The SMILES string of the molecule is CCOC(=O)C(CCC=Cc1ccc(Oc2ccccc2)cc1)NC(=O)OC. The highest BCUT2D eigenvalue weighted by atomic mass is 16.5. The van der Waals surface area contributed by atoms with Gasteiger partial charge in [0.2, 0.25) is 0 Å². The molecule has 0 heterocycles. The van der Waals surface area contributed by atoms with Gasteiger partial charge in [-0.15, -0.1) is 0 Å². The van der Waals surface area contributed by atoms with Crippen molar-refractivity contribution in [2.24, 2.45) is 0 Å². The molecule has 0 fully saturated rings. The summed E-state index contributed by atoms with van der Waals surface area (Å²) in [5, 5.41) is 2.49. The number of carbonyl (C=O) groups excluding carboxylic acids is 2. The number of amides is 1. The lowest BCUT2D eigenvalue weighted by atomic mass is 10.1. The summed E-state index contributed by atoms with van der Waals surface area (Å²) in [5.41, 5.74) is 1.01. The summed E-state index contributed by atoms with van der Waals surface area (Å²) in [6, 6.07) is 16.5. The molecular weight excluding hydrogens is 358 g/mol. The number of hydrogen-bond acceptors (Lipinski definition) is 5. The normalized spacial score (nSPS) is 11.6. The lowest BCUT2D eigenvalue weighted by Crippen LogP contribution is -2.41. The van der Waals surface area contributed by atoms with E-state index in [0.29, 0.717) is 12.8 Å². The molecule has 148 valence electrons. The lowest BCUT2D eigenvalue weighted by Gasteiger charge is -2.15. The number of para-hydroxylation sites is 1. The zero-order valence-electron chi connectivity index (χ0n) is 16.1. The molecule has 1 unspecified atom stereocenters. The smallest absolute Gasteiger partial charge is 0.407 e. The molecule has 0 saturated heterocycles. The Labute approximate surface area is 165 Å². The van der Waals surface area contributed by atoms with Crippen LogP contribution in [0.1, 0.15) is 25.3 Å². The van der Waals surface area contributed by atoms with Crippen LogP contribution < -0.4 is 10.1 Å². The van der Waals surface area contributed by atoms with Crippen LogP contribution in [0.15, 0.2) is 60.7 Å². The van der Waals surface area contributed by atoms with Gasteiger partial charge in [0, 0.05) is 0 Å². The maximum absolute atomic E-state index is 11.9. The molecule has 1 N–H and O–H groups in total. The van der Waals surface area contributed by atoms with Gasteiger partial charge in [0.05, 0.1) is 13.7 Å². The molecule has 2 aromatic rings. The molecule has 6 heteroatoms. The monoisotopic (exact) mass is 383 g/mol. The van der Waals surface area contributed by atoms with Gasteiger partial charge < -0.3 is 19.5 Å². The molecule has 0 spiro atoms. The highest BCUT2D eigenvalue weighted by molar-refractivity contribution is 5.81. The second kappa shape index (κ2) is 11.4. The average Bonchev–Trinajstić information content (AvgIpc) is 2.72. The molecule has 0 bridgehead atoms. The molecule has 2 rings (SSSR count). The summed E-state index contributed by atoms with van der Waals surface area (Å²) < 4.78 is 15.3. The van der Waals surface area contributed by atoms with Crippen molar-refractivity contribution >= 4 is 18.1 Å². The van der Waals surface area contributed by atoms with E-state index < -0.39 is 18.1 Å². The van der Waals surface area contributed by atoms with Crippen molar-refractivity contribution < 1.29 is 23.8 Å². The summed E-state index contributed by atoms with van der Waals surface area (Å²) in [6.45, 7) is 1.98. The Morgan fingerprint density at radius 1 is 1.04 bits per heavy atom. The van der Waals surface area contributed by atoms with Gasteiger partial charge in [-0.25, -0.2) is 9.59 Å². The van der Waals surface area contributed by atoms with Crippen LogP contribution in [0.2, 0.25) is 0 Å². The fourth-order valence-corrected chi connectivity index (χ4v) is 2.45. The summed E-state index contributed by atoms with van der Waals surface area (Å²) in [6.07, 6.45) is 4.25. The number of benzene rings is 2. The van der Waals surface area contributed by atoms with Crippen LogP contribution >= 0.6 is 0 Å². The Kier molecular flexibility index (Phi) is 8.59. The number of methoxy groups -OCH3 is 1. The van der Waals surface area contributed by atoms with Crippen molar-refractivity contribution in [2.75, 3.05) is 13.7 Å². The molecule has 0 aliphatic carbocycles. The minimum Gasteiger partial charge on any atom is -0.464 e. The number of allylic oxidation sites excluding steroid dienone is 1. The van der Waals surface area contributed by atoms with Gasteiger partial charge in [-0.1, -0.05) is 42.5 Å². The fourth-order valence-electron chi connectivity index (χ4n) is 2.45. The Balaban J connectivity index is 1.86. The summed E-state index contributed by atoms with van der Waals surface area (Å²) in [4.78, 5) is 23.3. The number of ether oxygens (including phenoxy) is 3. The third kappa shape index (κ3) is 7.15. The predicted molar refractivity (Wildman–Crippen MR) is 107 cm³/mol. The molecule has 28 heavy (non-hydrogen) atoms. The first-order valence-corrected chi connectivity index (χ1v) is 9.13. The Bertz CT molecular complexity index is 771. The van der Waals surface area contributed by atoms with Crippen molar-refractivity contribution in [3.05, 3.63) is 66.2 Å². The van der Waals surface area contributed by atoms with Crippen molar-refractivity contribution in [1.82, 2.24) is 5.32 Å². The van der Waals surface area contributed by atoms with Crippen LogP contribution in [0, 0.1) is 0 Å². The van der Waals surface area contributed by atoms with E-state index in [2.05, 4.69) is 10.1 Å². The number of carbonyl (C=O) groups is 2. The van der Waals surface area contributed by atoms with Gasteiger partial charge >= 0.3 is 12.1 Å². The quantitative estimate of drug-likeness (QED) is 0.643. The van der Waals surface area contributed by atoms with E-state index in [1.807, 2.05) is 66.7 Å². The van der Waals surface area contributed by atoms with Crippen LogP contribution in [-0.4, -0.2) is 31.8 Å². The van der Waals surface area contributed by atoms with Crippen molar-refractivity contribution in [3.63, 3.8) is 0 Å². The van der Waals surface area contributed by atoms with Crippen molar-refractivity contribution in [1.29, 1.82) is 0 Å². The molecule has 1 amide bonds. The molecule has 6 nitrogen and oxygen atoms in total. The first kappa shape index (κ1) is 21.0. The Morgan fingerprint density at radius 3 is 2.36 bits per heavy atom. The number of hydrogen-bond donors (Lipinski definition) is 1. The fraction of sp³-hybridized carbons (Fsp3) is 0.273. The van der Waals surface area contributed by atoms with Gasteiger partial charge in [-0.3, -0.25) is 0 Å². The third-order valence-corrected chi connectivity index (χ3v) is 3.84. The van der Waals surface area contributed by atoms with Gasteiger partial charge in [0.25, 0.3) is 0 Å². The van der Waals surface area contributed by atoms with Crippen LogP contribution in [0.5, 0.6) is 11.5 Å². The predicted octanol–water partition coefficient (Wildman–Crippen LogP) is 4.56. The summed E-state index contributed by atoms with van der Waals surface area (Å²) in [5.74, 6) is 1.07. The van der Waals surface area contributed by atoms with E-state index in [9.17, 15) is 9.59 Å². The summed E-state index contributed by atoms with van der Waals surface area (Å²) in [7, 11) is 1.25. The summed E-state index contributed by atoms with van der Waals surface area (Å²) >= 11 is 0. The second-order valence-corrected chi connectivity index (χ2v) is 5.90. The third-order valence-electron chi connectivity index (χ3n) is 3.84. The van der Waals surface area contributed by atoms with Gasteiger partial charge in [-0.2, -0.15) is 0 Å². The highest BCUT2D eigenvalue weighted by Gasteiger charge is 2.21. The number of esters is 1. The van der Waals surface area contributed by atoms with Crippen LogP contribution in [0.3, 0.4) is 0 Å². The Hall–Kier alpha value is -3.28. The minimum absolute atomic E-state index is 0.255. The maximum Gasteiger partial charge on any atom is 0.407 e. The van der Waals surface area contributed by atoms with Crippen LogP contribution in [0.4, 0.5) is 4.79 Å². The van der Waals surface area contributed by atoms with E-state index in [1.165, 1.54) is 7.11 Å². The average molecular weight is 383 g/mol. The second-order valence-electron chi connectivity index (χ2n) is 5.90. The van der Waals surface area contributed by atoms with Crippen LogP contribution in [-0.2, 0) is 14.3 Å². The van der Waals surface area contributed by atoms with Gasteiger partial charge in [0.15, 0.2) is 0 Å². The molecule has 0 saturated carbocycles. The topological polar surface area (TPSA) is 73.9 Å². The maximum atomic E-state index is 11.9. The van der Waals surface area contributed by atoms with Gasteiger partial charge in [0.1, 0.15) is 17.5 Å². The molecule has 0 aliphatic heterocycles. The molecule has 2 aromatic carbocycles. The zero-order chi connectivity index (χ0) is 20.2. The lowest BCUT2D eigenvalue weighted by molar-refractivity contribution is -0.145. The largest absolute Gasteiger partial charge is 0.464 e. The number of rotatable bonds is 9. The van der Waals surface area contributed by atoms with E-state index >= 15 is 0 Å². The van der Waals surface area contributed by atoms with Crippen LogP contribution in [0.25, 0.3) is 6.08 Å². The van der Waals surface area contributed by atoms with Crippen molar-refractivity contribution in [2.45, 2.75) is 25.8 Å². The highest BCUT2D eigenvalue weighted by Crippen LogP contribution is 2.21. The molecule has 0 aromatic heterocycles. The number of alkyl carbamates (subject to hydrolysis) is 1. The molecular formula is C22H25NO5. The Morgan fingerprint density at radius 2 is 1.71 bits per heavy atom. The van der Waals surface area contributed by atoms with E-state index in [0.717, 1.165) is 17.1 Å².